The summed E-state index contributed by atoms with van der Waals surface area (Å²) in [6, 6.07) is 8.39. The lowest BCUT2D eigenvalue weighted by Crippen LogP contribution is -2.58. The van der Waals surface area contributed by atoms with Crippen molar-refractivity contribution in [1.82, 2.24) is 25.5 Å². The number of alkyl halides is 1. The molecule has 1 unspecified atom stereocenters. The SMILES string of the molecule is CCc1c(F)ccc2cc(O)cc(-c3ccc4c(N5CCCC6(C5)NC(=O)NC6=O)nc(OC[C@@]56CCCN5C[C@H](F)C6)nc4c3F)c12. The topological polar surface area (TPSA) is 120 Å². The van der Waals surface area contributed by atoms with E-state index in [0.29, 0.717) is 71.9 Å². The highest BCUT2D eigenvalue weighted by Crippen LogP contribution is 2.43. The van der Waals surface area contributed by atoms with Gasteiger partial charge in [0.25, 0.3) is 5.91 Å². The van der Waals surface area contributed by atoms with Gasteiger partial charge in [-0.1, -0.05) is 19.1 Å². The number of hydrogen-bond donors (Lipinski definition) is 3. The molecule has 0 saturated carbocycles. The van der Waals surface area contributed by atoms with Gasteiger partial charge in [0, 0.05) is 30.5 Å². The average Bonchev–Trinajstić information content (AvgIpc) is 3.68. The first-order valence-electron chi connectivity index (χ1n) is 16.4. The van der Waals surface area contributed by atoms with Gasteiger partial charge in [0.2, 0.25) is 0 Å². The zero-order valence-corrected chi connectivity index (χ0v) is 26.4. The minimum atomic E-state index is -1.17. The highest BCUT2D eigenvalue weighted by Gasteiger charge is 2.50. The molecule has 4 saturated heterocycles. The number of urea groups is 1. The Bertz CT molecular complexity index is 2010. The van der Waals surface area contributed by atoms with Crippen LogP contribution in [-0.2, 0) is 11.2 Å². The number of aromatic nitrogens is 2. The monoisotopic (exact) mass is 660 g/mol. The number of halogens is 3. The van der Waals surface area contributed by atoms with E-state index in [1.807, 2.05) is 11.8 Å². The molecule has 13 heteroatoms. The second-order valence-corrected chi connectivity index (χ2v) is 13.5. The van der Waals surface area contributed by atoms with Gasteiger partial charge in [0.15, 0.2) is 5.82 Å². The van der Waals surface area contributed by atoms with E-state index in [1.54, 1.807) is 18.2 Å². The number of anilines is 1. The van der Waals surface area contributed by atoms with Crippen LogP contribution in [0.5, 0.6) is 11.8 Å². The summed E-state index contributed by atoms with van der Waals surface area (Å²) in [5.41, 5.74) is -0.918. The van der Waals surface area contributed by atoms with Crippen molar-refractivity contribution < 1.29 is 32.6 Å². The van der Waals surface area contributed by atoms with Gasteiger partial charge in [-0.2, -0.15) is 9.97 Å². The van der Waals surface area contributed by atoms with E-state index in [0.717, 1.165) is 19.4 Å². The normalized spacial score (nSPS) is 25.7. The number of rotatable bonds is 6. The Morgan fingerprint density at radius 1 is 1.06 bits per heavy atom. The summed E-state index contributed by atoms with van der Waals surface area (Å²) in [5.74, 6) is -1.36. The van der Waals surface area contributed by atoms with Crippen LogP contribution in [0.3, 0.4) is 0 Å². The van der Waals surface area contributed by atoms with Crippen molar-refractivity contribution in [2.45, 2.75) is 62.7 Å². The zero-order valence-electron chi connectivity index (χ0n) is 26.4. The molecule has 0 radical (unpaired) electrons. The van der Waals surface area contributed by atoms with Crippen molar-refractivity contribution in [3.8, 4) is 22.9 Å². The third-order valence-corrected chi connectivity index (χ3v) is 10.6. The van der Waals surface area contributed by atoms with E-state index >= 15 is 8.78 Å². The van der Waals surface area contributed by atoms with E-state index in [9.17, 15) is 19.1 Å². The van der Waals surface area contributed by atoms with Crippen molar-refractivity contribution in [3.05, 3.63) is 53.6 Å². The maximum Gasteiger partial charge on any atom is 0.322 e. The smallest absolute Gasteiger partial charge is 0.322 e. The van der Waals surface area contributed by atoms with Crippen molar-refractivity contribution in [2.75, 3.05) is 37.7 Å². The minimum absolute atomic E-state index is 0.0615. The maximum atomic E-state index is 17.0. The Morgan fingerprint density at radius 3 is 2.69 bits per heavy atom. The van der Waals surface area contributed by atoms with Crippen LogP contribution in [0.25, 0.3) is 32.8 Å². The third-order valence-electron chi connectivity index (χ3n) is 10.6. The fourth-order valence-corrected chi connectivity index (χ4v) is 8.40. The number of nitrogens with one attached hydrogen (secondary N) is 2. The first-order valence-corrected chi connectivity index (χ1v) is 16.4. The number of piperidine rings is 1. The number of carbonyl (C=O) groups excluding carboxylic acids is 2. The van der Waals surface area contributed by atoms with Gasteiger partial charge in [-0.3, -0.25) is 15.0 Å². The van der Waals surface area contributed by atoms with Gasteiger partial charge in [0.05, 0.1) is 12.1 Å². The van der Waals surface area contributed by atoms with Gasteiger partial charge in [0.1, 0.15) is 41.2 Å². The number of nitrogens with zero attached hydrogens (tertiary/aromatic N) is 4. The predicted molar refractivity (Wildman–Crippen MR) is 173 cm³/mol. The quantitative estimate of drug-likeness (QED) is 0.244. The molecule has 4 aliphatic heterocycles. The van der Waals surface area contributed by atoms with Crippen molar-refractivity contribution >= 4 is 39.4 Å². The fraction of sp³-hybridized carbons (Fsp3) is 0.429. The lowest BCUT2D eigenvalue weighted by atomic mass is 9.89. The van der Waals surface area contributed by atoms with Crippen LogP contribution in [0, 0.1) is 11.6 Å². The predicted octanol–water partition coefficient (Wildman–Crippen LogP) is 5.13. The van der Waals surface area contributed by atoms with E-state index in [4.69, 9.17) is 9.72 Å². The largest absolute Gasteiger partial charge is 0.508 e. The van der Waals surface area contributed by atoms with Gasteiger partial charge >= 0.3 is 12.0 Å². The molecule has 0 bridgehead atoms. The molecule has 8 rings (SSSR count). The van der Waals surface area contributed by atoms with Crippen LogP contribution >= 0.6 is 0 Å². The molecule has 4 aromatic rings. The lowest BCUT2D eigenvalue weighted by molar-refractivity contribution is -0.124. The Hall–Kier alpha value is -4.65. The number of benzene rings is 3. The first-order chi connectivity index (χ1) is 23.1. The van der Waals surface area contributed by atoms with Gasteiger partial charge in [-0.25, -0.2) is 18.0 Å². The average molecular weight is 661 g/mol. The molecule has 48 heavy (non-hydrogen) atoms. The van der Waals surface area contributed by atoms with Crippen LogP contribution in [0.15, 0.2) is 36.4 Å². The van der Waals surface area contributed by atoms with Crippen molar-refractivity contribution in [1.29, 1.82) is 0 Å². The number of carbonyl (C=O) groups is 2. The molecule has 1 aromatic heterocycles. The highest BCUT2D eigenvalue weighted by atomic mass is 19.1. The molecule has 1 spiro atoms. The van der Waals surface area contributed by atoms with Gasteiger partial charge < -0.3 is 20.1 Å². The number of phenolic OH excluding ortho intramolecular Hbond substituents is 1. The molecule has 3 atom stereocenters. The Labute approximate surface area is 274 Å². The standard InChI is InChI=1S/C35H35F3N6O4/c1-2-22-26(37)8-5-19-13-21(45)14-25(27(19)22)23-6-7-24-29(28(23)38)39-33(48-18-34-9-3-12-44(34)16-20(36)15-34)40-30(24)43-11-4-10-35(17-43)31(46)41-32(47)42-35/h5-8,13-14,20,45H,2-4,9-12,15-18H2,1H3,(H2,41,42,46,47)/t20-,34+,35?/m1/s1. The molecule has 250 valence electrons. The number of fused-ring (bicyclic) bond motifs is 3. The molecule has 4 aliphatic rings. The van der Waals surface area contributed by atoms with Crippen molar-refractivity contribution in [3.63, 3.8) is 0 Å². The maximum absolute atomic E-state index is 17.0. The second kappa shape index (κ2) is 11.2. The fourth-order valence-electron chi connectivity index (χ4n) is 8.40. The van der Waals surface area contributed by atoms with Crippen molar-refractivity contribution in [2.24, 2.45) is 0 Å². The summed E-state index contributed by atoms with van der Waals surface area (Å²) in [6.07, 6.45) is 2.36. The summed E-state index contributed by atoms with van der Waals surface area (Å²) >= 11 is 0. The summed E-state index contributed by atoms with van der Waals surface area (Å²) in [6.45, 7) is 3.61. The van der Waals surface area contributed by atoms with E-state index in [-0.39, 0.29) is 36.0 Å². The van der Waals surface area contributed by atoms with E-state index in [2.05, 4.69) is 20.5 Å². The minimum Gasteiger partial charge on any atom is -0.508 e. The van der Waals surface area contributed by atoms with E-state index < -0.39 is 40.8 Å². The summed E-state index contributed by atoms with van der Waals surface area (Å²) < 4.78 is 52.7. The Kier molecular flexibility index (Phi) is 7.17. The number of amides is 3. The number of phenols is 1. The van der Waals surface area contributed by atoms with Crippen LogP contribution in [-0.4, -0.2) is 81.9 Å². The molecule has 3 aromatic carbocycles. The third kappa shape index (κ3) is 4.81. The number of hydrogen-bond acceptors (Lipinski definition) is 8. The van der Waals surface area contributed by atoms with Crippen LogP contribution in [0.4, 0.5) is 23.8 Å². The van der Waals surface area contributed by atoms with Crippen LogP contribution in [0.2, 0.25) is 0 Å². The molecule has 0 aliphatic carbocycles. The zero-order chi connectivity index (χ0) is 33.4. The summed E-state index contributed by atoms with van der Waals surface area (Å²) in [7, 11) is 0. The molecule has 3 amide bonds. The Morgan fingerprint density at radius 2 is 1.90 bits per heavy atom. The molecular formula is C35H35F3N6O4. The molecule has 5 heterocycles. The summed E-state index contributed by atoms with van der Waals surface area (Å²) in [5, 5.41) is 17.1. The Balaban J connectivity index is 1.27. The number of aromatic hydroxyl groups is 1. The second-order valence-electron chi connectivity index (χ2n) is 13.5. The van der Waals surface area contributed by atoms with Gasteiger partial charge in [-0.05, 0) is 84.8 Å². The molecule has 3 N–H and O–H groups in total. The molecule has 10 nitrogen and oxygen atoms in total. The molecular weight excluding hydrogens is 625 g/mol. The first kappa shape index (κ1) is 30.7. The highest BCUT2D eigenvalue weighted by molar-refractivity contribution is 6.08. The number of imide groups is 1. The van der Waals surface area contributed by atoms with Gasteiger partial charge in [-0.15, -0.1) is 0 Å². The number of ether oxygens (including phenoxy) is 1. The molecule has 4 fully saturated rings. The number of aryl methyl sites for hydroxylation is 1. The lowest BCUT2D eigenvalue weighted by Gasteiger charge is -2.39. The van der Waals surface area contributed by atoms with Crippen LogP contribution in [0.1, 0.15) is 44.6 Å². The van der Waals surface area contributed by atoms with E-state index in [1.165, 1.54) is 18.2 Å². The van der Waals surface area contributed by atoms with Crippen LogP contribution < -0.4 is 20.3 Å². The summed E-state index contributed by atoms with van der Waals surface area (Å²) in [4.78, 5) is 38.3.